The van der Waals surface area contributed by atoms with Crippen LogP contribution < -0.4 is 0 Å². The smallest absolute Gasteiger partial charge is 0.274 e. The van der Waals surface area contributed by atoms with Crippen LogP contribution in [0.5, 0.6) is 0 Å². The molecule has 0 N–H and O–H groups in total. The molecule has 7 nitrogen and oxygen atoms in total. The van der Waals surface area contributed by atoms with Gasteiger partial charge in [0.2, 0.25) is 0 Å². The van der Waals surface area contributed by atoms with Crippen molar-refractivity contribution < 1.29 is 18.7 Å². The number of aromatic nitrogens is 2. The molecule has 2 aliphatic rings. The van der Waals surface area contributed by atoms with Crippen molar-refractivity contribution >= 4 is 11.8 Å². The van der Waals surface area contributed by atoms with E-state index in [2.05, 4.69) is 5.10 Å². The van der Waals surface area contributed by atoms with E-state index >= 15 is 0 Å². The third-order valence-electron chi connectivity index (χ3n) is 4.70. The number of halogens is 1. The molecule has 2 amide bonds. The van der Waals surface area contributed by atoms with E-state index in [1.807, 2.05) is 0 Å². The van der Waals surface area contributed by atoms with Gasteiger partial charge in [-0.15, -0.1) is 0 Å². The molecule has 1 fully saturated rings. The number of ether oxygens (including phenoxy) is 1. The minimum atomic E-state index is -0.331. The van der Waals surface area contributed by atoms with Crippen LogP contribution >= 0.6 is 0 Å². The largest absolute Gasteiger partial charge is 0.378 e. The number of morpholine rings is 1. The first kappa shape index (κ1) is 16.7. The molecule has 0 radical (unpaired) electrons. The average molecular weight is 358 g/mol. The van der Waals surface area contributed by atoms with Gasteiger partial charge in [0.15, 0.2) is 5.69 Å². The second-order valence-corrected chi connectivity index (χ2v) is 6.36. The van der Waals surface area contributed by atoms with Gasteiger partial charge in [0.1, 0.15) is 11.5 Å². The van der Waals surface area contributed by atoms with Crippen molar-refractivity contribution in [3.63, 3.8) is 0 Å². The molecule has 1 aromatic carbocycles. The monoisotopic (exact) mass is 358 g/mol. The lowest BCUT2D eigenvalue weighted by molar-refractivity contribution is 0.0298. The Bertz CT molecular complexity index is 845. The molecule has 0 bridgehead atoms. The lowest BCUT2D eigenvalue weighted by Crippen LogP contribution is -2.41. The van der Waals surface area contributed by atoms with Gasteiger partial charge in [0, 0.05) is 37.8 Å². The molecule has 0 atom stereocenters. The van der Waals surface area contributed by atoms with Crippen LogP contribution in [0.15, 0.2) is 30.3 Å². The fourth-order valence-electron chi connectivity index (χ4n) is 3.25. The first-order valence-corrected chi connectivity index (χ1v) is 8.61. The summed E-state index contributed by atoms with van der Waals surface area (Å²) in [4.78, 5) is 28.6. The number of amides is 2. The van der Waals surface area contributed by atoms with E-state index in [9.17, 15) is 14.0 Å². The highest BCUT2D eigenvalue weighted by Gasteiger charge is 2.30. The lowest BCUT2D eigenvalue weighted by Gasteiger charge is -2.27. The van der Waals surface area contributed by atoms with E-state index in [1.54, 1.807) is 32.7 Å². The molecule has 4 rings (SSSR count). The van der Waals surface area contributed by atoms with Crippen molar-refractivity contribution in [3.8, 4) is 0 Å². The number of carbonyl (C=O) groups excluding carboxylic acids is 2. The fraction of sp³-hybridized carbons (Fsp3) is 0.389. The zero-order valence-electron chi connectivity index (χ0n) is 14.2. The van der Waals surface area contributed by atoms with Gasteiger partial charge >= 0.3 is 0 Å². The average Bonchev–Trinajstić information content (AvgIpc) is 3.11. The summed E-state index contributed by atoms with van der Waals surface area (Å²) in [5.74, 6) is -0.765. The Hall–Kier alpha value is -2.74. The Morgan fingerprint density at radius 2 is 1.92 bits per heavy atom. The third kappa shape index (κ3) is 3.08. The van der Waals surface area contributed by atoms with Crippen LogP contribution in [0.2, 0.25) is 0 Å². The Morgan fingerprint density at radius 1 is 1.15 bits per heavy atom. The molecule has 0 spiro atoms. The van der Waals surface area contributed by atoms with Gasteiger partial charge in [-0.05, 0) is 6.07 Å². The second kappa shape index (κ2) is 6.87. The van der Waals surface area contributed by atoms with Crippen LogP contribution in [-0.4, -0.2) is 64.2 Å². The first-order valence-electron chi connectivity index (χ1n) is 8.61. The molecule has 2 aliphatic heterocycles. The zero-order valence-corrected chi connectivity index (χ0v) is 14.2. The van der Waals surface area contributed by atoms with Crippen molar-refractivity contribution in [2.45, 2.75) is 13.1 Å². The van der Waals surface area contributed by atoms with E-state index in [-0.39, 0.29) is 29.9 Å². The van der Waals surface area contributed by atoms with E-state index < -0.39 is 0 Å². The fourth-order valence-corrected chi connectivity index (χ4v) is 3.25. The highest BCUT2D eigenvalue weighted by Crippen LogP contribution is 2.19. The van der Waals surface area contributed by atoms with Gasteiger partial charge in [-0.25, -0.2) is 4.39 Å². The van der Waals surface area contributed by atoms with Crippen LogP contribution in [0.4, 0.5) is 4.39 Å². The summed E-state index contributed by atoms with van der Waals surface area (Å²) in [6, 6.07) is 7.95. The number of rotatable bonds is 3. The van der Waals surface area contributed by atoms with Crippen LogP contribution in [0.25, 0.3) is 0 Å². The number of hydrogen-bond acceptors (Lipinski definition) is 4. The topological polar surface area (TPSA) is 67.7 Å². The predicted molar refractivity (Wildman–Crippen MR) is 90.1 cm³/mol. The van der Waals surface area contributed by atoms with Gasteiger partial charge in [-0.3, -0.25) is 14.3 Å². The van der Waals surface area contributed by atoms with Crippen molar-refractivity contribution in [1.82, 2.24) is 19.6 Å². The van der Waals surface area contributed by atoms with E-state index in [0.29, 0.717) is 50.7 Å². The van der Waals surface area contributed by atoms with E-state index in [0.717, 1.165) is 0 Å². The molecule has 136 valence electrons. The van der Waals surface area contributed by atoms with Crippen molar-refractivity contribution in [2.24, 2.45) is 0 Å². The van der Waals surface area contributed by atoms with Crippen LogP contribution in [-0.2, 0) is 17.8 Å². The molecule has 1 saturated heterocycles. The normalized spacial score (nSPS) is 17.3. The van der Waals surface area contributed by atoms with Gasteiger partial charge in [0.05, 0.1) is 19.8 Å². The number of hydrogen-bond donors (Lipinski definition) is 0. The van der Waals surface area contributed by atoms with Gasteiger partial charge in [-0.2, -0.15) is 5.10 Å². The second-order valence-electron chi connectivity index (χ2n) is 6.36. The molecule has 3 heterocycles. The molecule has 2 aromatic rings. The molecular formula is C18H19FN4O3. The number of nitrogens with zero attached hydrogens (tertiary/aromatic N) is 4. The minimum absolute atomic E-state index is 0.191. The van der Waals surface area contributed by atoms with Gasteiger partial charge < -0.3 is 14.5 Å². The number of fused-ring (bicyclic) bond motifs is 1. The summed E-state index contributed by atoms with van der Waals surface area (Å²) in [5, 5.41) is 4.30. The van der Waals surface area contributed by atoms with E-state index in [4.69, 9.17) is 4.74 Å². The van der Waals surface area contributed by atoms with Crippen LogP contribution in [0.1, 0.15) is 26.5 Å². The third-order valence-corrected chi connectivity index (χ3v) is 4.70. The minimum Gasteiger partial charge on any atom is -0.378 e. The Labute approximate surface area is 149 Å². The predicted octanol–water partition coefficient (Wildman–Crippen LogP) is 1.15. The summed E-state index contributed by atoms with van der Waals surface area (Å²) in [7, 11) is 0. The van der Waals surface area contributed by atoms with Crippen LogP contribution in [0, 0.1) is 5.82 Å². The van der Waals surface area contributed by atoms with Crippen molar-refractivity contribution in [3.05, 3.63) is 53.1 Å². The lowest BCUT2D eigenvalue weighted by atomic mass is 10.1. The summed E-state index contributed by atoms with van der Waals surface area (Å²) >= 11 is 0. The molecule has 1 aromatic heterocycles. The van der Waals surface area contributed by atoms with Crippen molar-refractivity contribution in [2.75, 3.05) is 32.8 Å². The molecule has 8 heteroatoms. The quantitative estimate of drug-likeness (QED) is 0.826. The van der Waals surface area contributed by atoms with Crippen molar-refractivity contribution in [1.29, 1.82) is 0 Å². The Balaban J connectivity index is 1.52. The maximum absolute atomic E-state index is 13.9. The highest BCUT2D eigenvalue weighted by molar-refractivity contribution is 5.98. The maximum atomic E-state index is 13.9. The molecule has 0 saturated carbocycles. The summed E-state index contributed by atoms with van der Waals surface area (Å²) in [6.07, 6.45) is 0. The first-order chi connectivity index (χ1) is 12.6. The van der Waals surface area contributed by atoms with E-state index in [1.165, 1.54) is 12.1 Å². The number of carbonyl (C=O) groups is 2. The molecule has 0 aliphatic carbocycles. The summed E-state index contributed by atoms with van der Waals surface area (Å²) in [6.45, 7) is 3.16. The molecule has 26 heavy (non-hydrogen) atoms. The molecular weight excluding hydrogens is 339 g/mol. The highest BCUT2D eigenvalue weighted by atomic mass is 19.1. The summed E-state index contributed by atoms with van der Waals surface area (Å²) in [5.41, 5.74) is 1.10. The van der Waals surface area contributed by atoms with Gasteiger partial charge in [0.25, 0.3) is 11.8 Å². The Morgan fingerprint density at radius 3 is 2.69 bits per heavy atom. The maximum Gasteiger partial charge on any atom is 0.274 e. The van der Waals surface area contributed by atoms with Gasteiger partial charge in [-0.1, -0.05) is 18.2 Å². The SMILES string of the molecule is O=C(c1cc2n(n1)CCN(Cc1ccccc1F)C2=O)N1CCOCC1. The standard InChI is InChI=1S/C18H19FN4O3/c19-14-4-2-1-3-13(14)12-22-5-6-23-16(18(22)25)11-15(20-23)17(24)21-7-9-26-10-8-21/h1-4,11H,5-10,12H2. The van der Waals surface area contributed by atoms with Crippen LogP contribution in [0.3, 0.4) is 0 Å². The summed E-state index contributed by atoms with van der Waals surface area (Å²) < 4.78 is 20.7. The zero-order chi connectivity index (χ0) is 18.1. The molecule has 0 unspecified atom stereocenters. The Kier molecular flexibility index (Phi) is 4.42. The number of benzene rings is 1.